The summed E-state index contributed by atoms with van der Waals surface area (Å²) in [6, 6.07) is 8.47. The van der Waals surface area contributed by atoms with Crippen molar-refractivity contribution in [1.29, 1.82) is 0 Å². The van der Waals surface area contributed by atoms with Crippen LogP contribution in [0, 0.1) is 0 Å². The molecule has 1 amide bonds. The van der Waals surface area contributed by atoms with Gasteiger partial charge in [-0.2, -0.15) is 8.42 Å². The molecule has 27 heavy (non-hydrogen) atoms. The predicted octanol–water partition coefficient (Wildman–Crippen LogP) is 3.88. The molecule has 1 heterocycles. The maximum Gasteiger partial charge on any atom is 0.306 e. The lowest BCUT2D eigenvalue weighted by atomic mass is 10.1. The van der Waals surface area contributed by atoms with Crippen LogP contribution >= 0.6 is 23.2 Å². The van der Waals surface area contributed by atoms with Gasteiger partial charge in [0.15, 0.2) is 5.76 Å². The zero-order chi connectivity index (χ0) is 19.8. The van der Waals surface area contributed by atoms with Crippen LogP contribution in [0.4, 0.5) is 5.69 Å². The number of fused-ring (bicyclic) bond motifs is 1. The number of hydrogen-bond donors (Lipinski definition) is 1. The van der Waals surface area contributed by atoms with E-state index in [4.69, 9.17) is 31.8 Å². The van der Waals surface area contributed by atoms with Crippen molar-refractivity contribution in [3.8, 4) is 5.75 Å². The molecule has 0 saturated heterocycles. The second kappa shape index (κ2) is 7.22. The van der Waals surface area contributed by atoms with Gasteiger partial charge in [-0.05, 0) is 30.3 Å². The van der Waals surface area contributed by atoms with E-state index >= 15 is 0 Å². The van der Waals surface area contributed by atoms with Gasteiger partial charge in [0, 0.05) is 22.0 Å². The minimum atomic E-state index is -3.74. The number of anilines is 1. The van der Waals surface area contributed by atoms with Gasteiger partial charge in [-0.15, -0.1) is 0 Å². The fourth-order valence-corrected chi connectivity index (χ4v) is 3.41. The van der Waals surface area contributed by atoms with E-state index in [-0.39, 0.29) is 33.4 Å². The highest BCUT2D eigenvalue weighted by Gasteiger charge is 2.24. The highest BCUT2D eigenvalue weighted by molar-refractivity contribution is 7.86. The molecule has 1 aromatic heterocycles. The molecular formula is C17H11Cl2NO6S. The van der Waals surface area contributed by atoms with Crippen LogP contribution in [0.2, 0.25) is 10.0 Å². The molecule has 0 aliphatic carbocycles. The van der Waals surface area contributed by atoms with Gasteiger partial charge in [0.1, 0.15) is 11.3 Å². The Bertz CT molecular complexity index is 1170. The number of nitrogens with one attached hydrogen (secondary N) is 1. The molecule has 0 unspecified atom stereocenters. The summed E-state index contributed by atoms with van der Waals surface area (Å²) in [5.41, 5.74) is 0.400. The van der Waals surface area contributed by atoms with Crippen molar-refractivity contribution in [1.82, 2.24) is 0 Å². The first-order chi connectivity index (χ1) is 12.7. The van der Waals surface area contributed by atoms with Crippen LogP contribution in [0.1, 0.15) is 16.1 Å². The molecule has 3 aromatic rings. The van der Waals surface area contributed by atoms with Crippen LogP contribution in [-0.4, -0.2) is 26.9 Å². The Morgan fingerprint density at radius 2 is 1.93 bits per heavy atom. The summed E-state index contributed by atoms with van der Waals surface area (Å²) in [6.45, 7) is 0. The van der Waals surface area contributed by atoms with Crippen LogP contribution in [0.3, 0.4) is 0 Å². The Labute approximate surface area is 163 Å². The monoisotopic (exact) mass is 427 g/mol. The van der Waals surface area contributed by atoms with E-state index in [1.165, 1.54) is 36.4 Å². The summed E-state index contributed by atoms with van der Waals surface area (Å²) in [5.74, 6) is -0.749. The summed E-state index contributed by atoms with van der Waals surface area (Å²) in [6.07, 6.45) is 1.29. The topological polar surface area (TPSA) is 103 Å². The molecule has 0 fully saturated rings. The number of carbonyl (C=O) groups excluding carboxylic acids is 2. The Morgan fingerprint density at radius 1 is 1.19 bits per heavy atom. The van der Waals surface area contributed by atoms with Crippen LogP contribution in [0.5, 0.6) is 5.75 Å². The predicted molar refractivity (Wildman–Crippen MR) is 101 cm³/mol. The Balaban J connectivity index is 2.14. The molecule has 0 radical (unpaired) electrons. The van der Waals surface area contributed by atoms with Gasteiger partial charge in [0.05, 0.1) is 17.0 Å². The van der Waals surface area contributed by atoms with E-state index in [0.29, 0.717) is 16.8 Å². The van der Waals surface area contributed by atoms with Crippen LogP contribution < -0.4 is 9.50 Å². The van der Waals surface area contributed by atoms with Crippen molar-refractivity contribution < 1.29 is 26.6 Å². The van der Waals surface area contributed by atoms with Gasteiger partial charge in [-0.1, -0.05) is 23.2 Å². The summed E-state index contributed by atoms with van der Waals surface area (Å²) >= 11 is 11.9. The minimum Gasteiger partial charge on any atom is -0.450 e. The Kier molecular flexibility index (Phi) is 5.14. The summed E-state index contributed by atoms with van der Waals surface area (Å²) < 4.78 is 32.9. The SMILES string of the molecule is CS(=O)(=O)Oc1ccc2c(NC=O)c(C(=O)c3ccc(Cl)cc3Cl)oc2c1. The number of halogens is 2. The van der Waals surface area contributed by atoms with Crippen LogP contribution in [0.25, 0.3) is 11.0 Å². The first kappa shape index (κ1) is 19.2. The molecule has 7 nitrogen and oxygen atoms in total. The highest BCUT2D eigenvalue weighted by atomic mass is 35.5. The number of amides is 1. The number of ketones is 1. The molecule has 0 spiro atoms. The van der Waals surface area contributed by atoms with Crippen LogP contribution in [0.15, 0.2) is 40.8 Å². The Morgan fingerprint density at radius 3 is 2.56 bits per heavy atom. The summed E-state index contributed by atoms with van der Waals surface area (Å²) in [4.78, 5) is 23.8. The van der Waals surface area contributed by atoms with Gasteiger partial charge >= 0.3 is 10.1 Å². The molecule has 2 aromatic carbocycles. The van der Waals surface area contributed by atoms with Gasteiger partial charge in [-0.25, -0.2) is 0 Å². The van der Waals surface area contributed by atoms with Crippen molar-refractivity contribution >= 4 is 62.2 Å². The maximum absolute atomic E-state index is 12.9. The average molecular weight is 428 g/mol. The minimum absolute atomic E-state index is 0.0000672. The number of rotatable bonds is 6. The maximum atomic E-state index is 12.9. The fourth-order valence-electron chi connectivity index (χ4n) is 2.46. The van der Waals surface area contributed by atoms with Crippen molar-refractivity contribution in [2.45, 2.75) is 0 Å². The number of benzene rings is 2. The highest BCUT2D eigenvalue weighted by Crippen LogP contribution is 2.36. The Hall–Kier alpha value is -2.55. The standard InChI is InChI=1S/C17H11Cl2NO6S/c1-27(23,24)26-10-3-5-12-14(7-10)25-17(15(12)20-8-21)16(22)11-4-2-9(18)6-13(11)19/h2-8H,1H3,(H,20,21). The van der Waals surface area contributed by atoms with Gasteiger partial charge in [-0.3, -0.25) is 9.59 Å². The van der Waals surface area contributed by atoms with E-state index in [0.717, 1.165) is 6.26 Å². The van der Waals surface area contributed by atoms with Gasteiger partial charge in [0.2, 0.25) is 12.2 Å². The van der Waals surface area contributed by atoms with Crippen molar-refractivity contribution in [3.05, 3.63) is 57.8 Å². The number of carbonyl (C=O) groups is 2. The molecular weight excluding hydrogens is 417 g/mol. The lowest BCUT2D eigenvalue weighted by Gasteiger charge is -2.04. The third kappa shape index (κ3) is 4.08. The third-order valence-corrected chi connectivity index (χ3v) is 4.54. The smallest absolute Gasteiger partial charge is 0.306 e. The first-order valence-corrected chi connectivity index (χ1v) is 9.93. The van der Waals surface area contributed by atoms with Gasteiger partial charge < -0.3 is 13.9 Å². The third-order valence-electron chi connectivity index (χ3n) is 3.49. The molecule has 0 saturated carbocycles. The molecule has 0 aliphatic rings. The molecule has 0 aliphatic heterocycles. The molecule has 0 atom stereocenters. The fraction of sp³-hybridized carbons (Fsp3) is 0.0588. The van der Waals surface area contributed by atoms with E-state index in [1.54, 1.807) is 0 Å². The lowest BCUT2D eigenvalue weighted by Crippen LogP contribution is -2.05. The largest absolute Gasteiger partial charge is 0.450 e. The first-order valence-electron chi connectivity index (χ1n) is 7.35. The van der Waals surface area contributed by atoms with Crippen molar-refractivity contribution in [3.63, 3.8) is 0 Å². The molecule has 0 bridgehead atoms. The number of furan rings is 1. The quantitative estimate of drug-likeness (QED) is 0.363. The van der Waals surface area contributed by atoms with Crippen molar-refractivity contribution in [2.24, 2.45) is 0 Å². The van der Waals surface area contributed by atoms with E-state index in [1.807, 2.05) is 0 Å². The molecule has 10 heteroatoms. The molecule has 3 rings (SSSR count). The average Bonchev–Trinajstić information content (AvgIpc) is 2.91. The zero-order valence-electron chi connectivity index (χ0n) is 13.7. The second-order valence-electron chi connectivity index (χ2n) is 5.47. The van der Waals surface area contributed by atoms with Crippen molar-refractivity contribution in [2.75, 3.05) is 11.6 Å². The van der Waals surface area contributed by atoms with E-state index in [9.17, 15) is 18.0 Å². The van der Waals surface area contributed by atoms with Gasteiger partial charge in [0.25, 0.3) is 0 Å². The summed E-state index contributed by atoms with van der Waals surface area (Å²) in [5, 5.41) is 3.28. The normalized spacial score (nSPS) is 11.4. The van der Waals surface area contributed by atoms with E-state index < -0.39 is 15.9 Å². The molecule has 140 valence electrons. The lowest BCUT2D eigenvalue weighted by molar-refractivity contribution is -0.105. The number of hydrogen-bond acceptors (Lipinski definition) is 6. The second-order valence-corrected chi connectivity index (χ2v) is 7.89. The molecule has 1 N–H and O–H groups in total. The van der Waals surface area contributed by atoms with Crippen LogP contribution in [-0.2, 0) is 14.9 Å². The summed E-state index contributed by atoms with van der Waals surface area (Å²) in [7, 11) is -3.74. The zero-order valence-corrected chi connectivity index (χ0v) is 16.0. The van der Waals surface area contributed by atoms with E-state index in [2.05, 4.69) is 5.32 Å².